The van der Waals surface area contributed by atoms with Crippen LogP contribution in [0, 0.1) is 17.7 Å². The Morgan fingerprint density at radius 2 is 2.06 bits per heavy atom. The van der Waals surface area contributed by atoms with E-state index in [1.54, 1.807) is 12.1 Å². The van der Waals surface area contributed by atoms with Gasteiger partial charge in [-0.25, -0.2) is 4.39 Å². The van der Waals surface area contributed by atoms with Crippen molar-refractivity contribution in [3.8, 4) is 0 Å². The maximum atomic E-state index is 12.7. The van der Waals surface area contributed by atoms with Crippen molar-refractivity contribution in [3.63, 3.8) is 0 Å². The largest absolute Gasteiger partial charge is 0.481 e. The number of halogens is 1. The summed E-state index contributed by atoms with van der Waals surface area (Å²) < 4.78 is 17.4. The van der Waals surface area contributed by atoms with Crippen LogP contribution in [0.2, 0.25) is 0 Å². The summed E-state index contributed by atoms with van der Waals surface area (Å²) in [5.74, 6) is -3.70. The molecule has 2 rings (SSSR count). The summed E-state index contributed by atoms with van der Waals surface area (Å²) in [5, 5.41) is 8.92. The first kappa shape index (κ1) is 11.6. The third kappa shape index (κ3) is 2.43. The summed E-state index contributed by atoms with van der Waals surface area (Å²) in [6.45, 7) is 0.104. The van der Waals surface area contributed by atoms with E-state index in [-0.39, 0.29) is 18.3 Å². The number of carboxylic acids is 1. The van der Waals surface area contributed by atoms with Gasteiger partial charge in [0, 0.05) is 5.92 Å². The number of ether oxygens (including phenoxy) is 1. The number of rotatable bonds is 3. The molecule has 1 aliphatic heterocycles. The number of hydrogen-bond donors (Lipinski definition) is 1. The molecule has 0 bridgehead atoms. The minimum absolute atomic E-state index is 0.104. The average Bonchev–Trinajstić information content (AvgIpc) is 2.63. The van der Waals surface area contributed by atoms with E-state index in [0.717, 1.165) is 5.56 Å². The Balaban J connectivity index is 2.10. The Morgan fingerprint density at radius 3 is 2.65 bits per heavy atom. The molecule has 2 unspecified atom stereocenters. The second-order valence-electron chi connectivity index (χ2n) is 4.04. The first-order valence-electron chi connectivity index (χ1n) is 5.22. The third-order valence-electron chi connectivity index (χ3n) is 2.84. The number of cyclic esters (lactones) is 1. The van der Waals surface area contributed by atoms with E-state index in [1.807, 2.05) is 0 Å². The van der Waals surface area contributed by atoms with Crippen LogP contribution in [0.1, 0.15) is 5.56 Å². The van der Waals surface area contributed by atoms with Gasteiger partial charge in [-0.05, 0) is 24.1 Å². The SMILES string of the molecule is O=C(O)C1C(=O)OCC1Cc1ccc(F)cc1. The van der Waals surface area contributed by atoms with Crippen molar-refractivity contribution in [2.24, 2.45) is 11.8 Å². The van der Waals surface area contributed by atoms with Gasteiger partial charge in [0.05, 0.1) is 6.61 Å². The second kappa shape index (κ2) is 4.53. The predicted molar refractivity (Wildman–Crippen MR) is 55.7 cm³/mol. The molecule has 4 nitrogen and oxygen atoms in total. The van der Waals surface area contributed by atoms with Gasteiger partial charge in [-0.2, -0.15) is 0 Å². The smallest absolute Gasteiger partial charge is 0.320 e. The van der Waals surface area contributed by atoms with Gasteiger partial charge in [0.15, 0.2) is 5.92 Å². The summed E-state index contributed by atoms with van der Waals surface area (Å²) >= 11 is 0. The van der Waals surface area contributed by atoms with Crippen LogP contribution in [-0.4, -0.2) is 23.7 Å². The highest BCUT2D eigenvalue weighted by molar-refractivity contribution is 5.95. The maximum Gasteiger partial charge on any atom is 0.320 e. The molecule has 17 heavy (non-hydrogen) atoms. The van der Waals surface area contributed by atoms with E-state index >= 15 is 0 Å². The Morgan fingerprint density at radius 1 is 1.41 bits per heavy atom. The van der Waals surface area contributed by atoms with Crippen molar-refractivity contribution in [1.82, 2.24) is 0 Å². The highest BCUT2D eigenvalue weighted by Crippen LogP contribution is 2.26. The predicted octanol–water partition coefficient (Wildman–Crippen LogP) is 1.24. The molecule has 1 aromatic carbocycles. The van der Waals surface area contributed by atoms with E-state index < -0.39 is 17.9 Å². The van der Waals surface area contributed by atoms with E-state index in [9.17, 15) is 14.0 Å². The quantitative estimate of drug-likeness (QED) is 0.635. The fourth-order valence-corrected chi connectivity index (χ4v) is 1.97. The van der Waals surface area contributed by atoms with Gasteiger partial charge in [0.25, 0.3) is 0 Å². The molecule has 0 aromatic heterocycles. The van der Waals surface area contributed by atoms with Crippen LogP contribution in [0.25, 0.3) is 0 Å². The molecule has 0 saturated carbocycles. The zero-order valence-electron chi connectivity index (χ0n) is 8.93. The van der Waals surface area contributed by atoms with Crippen LogP contribution in [0.4, 0.5) is 4.39 Å². The Kier molecular flexibility index (Phi) is 3.08. The van der Waals surface area contributed by atoms with E-state index in [0.29, 0.717) is 6.42 Å². The molecule has 90 valence electrons. The summed E-state index contributed by atoms with van der Waals surface area (Å²) in [6.07, 6.45) is 0.392. The van der Waals surface area contributed by atoms with Gasteiger partial charge < -0.3 is 9.84 Å². The average molecular weight is 238 g/mol. The van der Waals surface area contributed by atoms with Gasteiger partial charge in [-0.15, -0.1) is 0 Å². The number of hydrogen-bond acceptors (Lipinski definition) is 3. The van der Waals surface area contributed by atoms with Gasteiger partial charge in [-0.3, -0.25) is 9.59 Å². The fourth-order valence-electron chi connectivity index (χ4n) is 1.97. The molecule has 2 atom stereocenters. The topological polar surface area (TPSA) is 63.6 Å². The molecular weight excluding hydrogens is 227 g/mol. The molecule has 1 N–H and O–H groups in total. The molecule has 1 heterocycles. The number of aliphatic carboxylic acids is 1. The van der Waals surface area contributed by atoms with Gasteiger partial charge in [0.1, 0.15) is 5.82 Å². The lowest BCUT2D eigenvalue weighted by molar-refractivity contribution is -0.152. The Hall–Kier alpha value is -1.91. The van der Waals surface area contributed by atoms with Crippen LogP contribution in [-0.2, 0) is 20.7 Å². The molecule has 0 aliphatic carbocycles. The van der Waals surface area contributed by atoms with Crippen molar-refractivity contribution in [1.29, 1.82) is 0 Å². The van der Waals surface area contributed by atoms with Gasteiger partial charge in [-0.1, -0.05) is 12.1 Å². The van der Waals surface area contributed by atoms with Crippen molar-refractivity contribution in [2.45, 2.75) is 6.42 Å². The molecule has 1 aliphatic rings. The molecule has 0 radical (unpaired) electrons. The van der Waals surface area contributed by atoms with Crippen molar-refractivity contribution in [2.75, 3.05) is 6.61 Å². The molecule has 1 aromatic rings. The standard InChI is InChI=1S/C12H11FO4/c13-9-3-1-7(2-4-9)5-8-6-17-12(16)10(8)11(14)15/h1-4,8,10H,5-6H2,(H,14,15). The lowest BCUT2D eigenvalue weighted by Gasteiger charge is -2.11. The van der Waals surface area contributed by atoms with Crippen LogP contribution < -0.4 is 0 Å². The van der Waals surface area contributed by atoms with Crippen LogP contribution in [0.3, 0.4) is 0 Å². The third-order valence-corrected chi connectivity index (χ3v) is 2.84. The zero-order chi connectivity index (χ0) is 12.4. The van der Waals surface area contributed by atoms with Crippen molar-refractivity contribution in [3.05, 3.63) is 35.6 Å². The zero-order valence-corrected chi connectivity index (χ0v) is 8.93. The summed E-state index contributed by atoms with van der Waals surface area (Å²) in [6, 6.07) is 5.78. The van der Waals surface area contributed by atoms with E-state index in [4.69, 9.17) is 9.84 Å². The minimum atomic E-state index is -1.17. The Labute approximate surface area is 97.0 Å². The molecule has 1 saturated heterocycles. The number of benzene rings is 1. The number of carbonyl (C=O) groups is 2. The van der Waals surface area contributed by atoms with Crippen LogP contribution in [0.15, 0.2) is 24.3 Å². The molecule has 0 spiro atoms. The van der Waals surface area contributed by atoms with E-state index in [1.165, 1.54) is 12.1 Å². The summed E-state index contributed by atoms with van der Waals surface area (Å²) in [4.78, 5) is 22.1. The second-order valence-corrected chi connectivity index (χ2v) is 4.04. The van der Waals surface area contributed by atoms with Crippen LogP contribution >= 0.6 is 0 Å². The maximum absolute atomic E-state index is 12.7. The van der Waals surface area contributed by atoms with Gasteiger partial charge in [0.2, 0.25) is 0 Å². The van der Waals surface area contributed by atoms with Crippen molar-refractivity contribution >= 4 is 11.9 Å². The van der Waals surface area contributed by atoms with Crippen molar-refractivity contribution < 1.29 is 23.8 Å². The highest BCUT2D eigenvalue weighted by Gasteiger charge is 2.42. The molecule has 5 heteroatoms. The summed E-state index contributed by atoms with van der Waals surface area (Å²) in [7, 11) is 0. The minimum Gasteiger partial charge on any atom is -0.481 e. The number of carboxylic acid groups (broad SMARTS) is 1. The van der Waals surface area contributed by atoms with E-state index in [2.05, 4.69) is 0 Å². The Bertz CT molecular complexity index is 440. The monoisotopic (exact) mass is 238 g/mol. The summed E-state index contributed by atoms with van der Waals surface area (Å²) in [5.41, 5.74) is 0.793. The lowest BCUT2D eigenvalue weighted by Crippen LogP contribution is -2.26. The van der Waals surface area contributed by atoms with Crippen LogP contribution in [0.5, 0.6) is 0 Å². The molecular formula is C12H11FO4. The number of esters is 1. The first-order valence-corrected chi connectivity index (χ1v) is 5.22. The first-order chi connectivity index (χ1) is 8.08. The lowest BCUT2D eigenvalue weighted by atomic mass is 9.89. The number of carbonyl (C=O) groups excluding carboxylic acids is 1. The highest BCUT2D eigenvalue weighted by atomic mass is 19.1. The molecule has 0 amide bonds. The molecule has 1 fully saturated rings. The normalized spacial score (nSPS) is 23.5. The fraction of sp³-hybridized carbons (Fsp3) is 0.333. The van der Waals surface area contributed by atoms with Gasteiger partial charge >= 0.3 is 11.9 Å².